The van der Waals surface area contributed by atoms with Gasteiger partial charge in [0.2, 0.25) is 0 Å². The molecule has 2 fully saturated rings. The monoisotopic (exact) mass is 285 g/mol. The average molecular weight is 285 g/mol. The van der Waals surface area contributed by atoms with Crippen LogP contribution in [0, 0.1) is 0 Å². The van der Waals surface area contributed by atoms with E-state index >= 15 is 0 Å². The van der Waals surface area contributed by atoms with Gasteiger partial charge in [0.05, 0.1) is 0 Å². The average Bonchev–Trinajstić information content (AvgIpc) is 2.47. The molecule has 2 rings (SSSR count). The lowest BCUT2D eigenvalue weighted by molar-refractivity contribution is 0.301. The first kappa shape index (κ1) is 14.0. The molecule has 0 radical (unpaired) electrons. The first-order valence-corrected chi connectivity index (χ1v) is 7.83. The smallest absolute Gasteiger partial charge is 0.177 e. The minimum atomic E-state index is 0.908. The van der Waals surface area contributed by atoms with Crippen molar-refractivity contribution < 1.29 is 0 Å². The normalized spacial score (nSPS) is 20.7. The second-order valence-electron chi connectivity index (χ2n) is 5.22. The van der Waals surface area contributed by atoms with Gasteiger partial charge in [-0.05, 0) is 63.0 Å². The predicted octanol–water partition coefficient (Wildman–Crippen LogP) is 2.46. The van der Waals surface area contributed by atoms with Crippen LogP contribution < -0.4 is 0 Å². The van der Waals surface area contributed by atoms with Crippen LogP contribution in [0.3, 0.4) is 0 Å². The summed E-state index contributed by atoms with van der Waals surface area (Å²) in [6.07, 6.45) is 7.68. The molecule has 0 saturated carbocycles. The molecule has 5 heteroatoms. The Balaban J connectivity index is 1.90. The minimum Gasteiger partial charge on any atom is -0.349 e. The molecule has 0 atom stereocenters. The fraction of sp³-hybridized carbons (Fsp3) is 0.846. The highest BCUT2D eigenvalue weighted by molar-refractivity contribution is 7.81. The number of piperidine rings is 2. The standard InChI is InChI=1S/C13H23N3S2/c1-14(12(17)15-8-4-2-5-9-15)13(18)16-10-6-3-7-11-16/h2-11H2,1H3. The second kappa shape index (κ2) is 6.66. The van der Waals surface area contributed by atoms with Gasteiger partial charge in [-0.2, -0.15) is 0 Å². The number of hydrogen-bond donors (Lipinski definition) is 0. The largest absolute Gasteiger partial charge is 0.349 e. The summed E-state index contributed by atoms with van der Waals surface area (Å²) in [6.45, 7) is 4.36. The number of thiocarbonyl (C=S) groups is 2. The first-order valence-electron chi connectivity index (χ1n) is 7.01. The molecule has 0 aromatic rings. The van der Waals surface area contributed by atoms with Gasteiger partial charge in [-0.1, -0.05) is 0 Å². The van der Waals surface area contributed by atoms with E-state index in [1.54, 1.807) is 0 Å². The van der Waals surface area contributed by atoms with E-state index in [9.17, 15) is 0 Å². The topological polar surface area (TPSA) is 9.72 Å². The Kier molecular flexibility index (Phi) is 5.18. The van der Waals surface area contributed by atoms with E-state index in [0.29, 0.717) is 0 Å². The van der Waals surface area contributed by atoms with Crippen LogP contribution in [0.4, 0.5) is 0 Å². The third-order valence-electron chi connectivity index (χ3n) is 3.83. The molecule has 0 aliphatic carbocycles. The molecule has 0 unspecified atom stereocenters. The molecule has 2 aliphatic rings. The maximum Gasteiger partial charge on any atom is 0.177 e. The molecule has 0 N–H and O–H groups in total. The highest BCUT2D eigenvalue weighted by Crippen LogP contribution is 2.14. The van der Waals surface area contributed by atoms with Crippen molar-refractivity contribution in [2.75, 3.05) is 33.2 Å². The fourth-order valence-corrected chi connectivity index (χ4v) is 3.27. The molecule has 0 spiro atoms. The SMILES string of the molecule is CN(C(=S)N1CCCCC1)C(=S)N1CCCCC1. The van der Waals surface area contributed by atoms with Gasteiger partial charge in [0.15, 0.2) is 10.2 Å². The molecule has 0 aromatic heterocycles. The van der Waals surface area contributed by atoms with Crippen molar-refractivity contribution in [3.63, 3.8) is 0 Å². The van der Waals surface area contributed by atoms with Gasteiger partial charge < -0.3 is 9.80 Å². The van der Waals surface area contributed by atoms with Crippen LogP contribution >= 0.6 is 24.4 Å². The van der Waals surface area contributed by atoms with Crippen LogP contribution in [0.2, 0.25) is 0 Å². The quantitative estimate of drug-likeness (QED) is 0.631. The molecule has 102 valence electrons. The summed E-state index contributed by atoms with van der Waals surface area (Å²) < 4.78 is 0. The summed E-state index contributed by atoms with van der Waals surface area (Å²) in [5.41, 5.74) is 0. The van der Waals surface area contributed by atoms with Crippen LogP contribution in [0.25, 0.3) is 0 Å². The molecule has 3 nitrogen and oxygen atoms in total. The van der Waals surface area contributed by atoms with Crippen molar-refractivity contribution in [3.05, 3.63) is 0 Å². The summed E-state index contributed by atoms with van der Waals surface area (Å²) in [6, 6.07) is 0. The summed E-state index contributed by atoms with van der Waals surface area (Å²) in [5, 5.41) is 1.82. The van der Waals surface area contributed by atoms with Crippen LogP contribution in [0.15, 0.2) is 0 Å². The van der Waals surface area contributed by atoms with Gasteiger partial charge in [-0.3, -0.25) is 4.90 Å². The minimum absolute atomic E-state index is 0.908. The number of rotatable bonds is 0. The van der Waals surface area contributed by atoms with E-state index in [2.05, 4.69) is 9.80 Å². The summed E-state index contributed by atoms with van der Waals surface area (Å²) in [5.74, 6) is 0. The Bertz CT molecular complexity index is 277. The molecule has 2 heterocycles. The summed E-state index contributed by atoms with van der Waals surface area (Å²) in [7, 11) is 2.02. The Morgan fingerprint density at radius 3 is 1.39 bits per heavy atom. The lowest BCUT2D eigenvalue weighted by Crippen LogP contribution is -2.51. The maximum atomic E-state index is 5.58. The van der Waals surface area contributed by atoms with E-state index < -0.39 is 0 Å². The van der Waals surface area contributed by atoms with Crippen LogP contribution in [-0.2, 0) is 0 Å². The first-order chi connectivity index (χ1) is 8.70. The van der Waals surface area contributed by atoms with Crippen molar-refractivity contribution >= 4 is 34.7 Å². The predicted molar refractivity (Wildman–Crippen MR) is 83.8 cm³/mol. The molecule has 18 heavy (non-hydrogen) atoms. The van der Waals surface area contributed by atoms with Crippen molar-refractivity contribution in [3.8, 4) is 0 Å². The third kappa shape index (κ3) is 3.32. The van der Waals surface area contributed by atoms with E-state index in [1.807, 2.05) is 11.9 Å². The Morgan fingerprint density at radius 1 is 0.722 bits per heavy atom. The molecule has 0 bridgehead atoms. The van der Waals surface area contributed by atoms with Gasteiger partial charge in [0.1, 0.15) is 0 Å². The molecule has 0 amide bonds. The van der Waals surface area contributed by atoms with Gasteiger partial charge in [-0.15, -0.1) is 0 Å². The van der Waals surface area contributed by atoms with E-state index in [4.69, 9.17) is 24.4 Å². The lowest BCUT2D eigenvalue weighted by Gasteiger charge is -2.38. The van der Waals surface area contributed by atoms with Crippen molar-refractivity contribution in [1.82, 2.24) is 14.7 Å². The van der Waals surface area contributed by atoms with E-state index in [0.717, 1.165) is 36.4 Å². The maximum absolute atomic E-state index is 5.58. The van der Waals surface area contributed by atoms with Crippen LogP contribution in [0.5, 0.6) is 0 Å². The van der Waals surface area contributed by atoms with Gasteiger partial charge >= 0.3 is 0 Å². The number of likely N-dealkylation sites (tertiary alicyclic amines) is 2. The van der Waals surface area contributed by atoms with Gasteiger partial charge in [0.25, 0.3) is 0 Å². The van der Waals surface area contributed by atoms with Crippen molar-refractivity contribution in [1.29, 1.82) is 0 Å². The zero-order chi connectivity index (χ0) is 13.0. The van der Waals surface area contributed by atoms with Crippen molar-refractivity contribution in [2.45, 2.75) is 38.5 Å². The van der Waals surface area contributed by atoms with E-state index in [-0.39, 0.29) is 0 Å². The summed E-state index contributed by atoms with van der Waals surface area (Å²) >= 11 is 11.2. The van der Waals surface area contributed by atoms with Crippen LogP contribution in [0.1, 0.15) is 38.5 Å². The highest BCUT2D eigenvalue weighted by atomic mass is 32.1. The molecular formula is C13H23N3S2. The van der Waals surface area contributed by atoms with Gasteiger partial charge in [0, 0.05) is 33.2 Å². The Morgan fingerprint density at radius 2 is 1.06 bits per heavy atom. The molecule has 0 aromatic carbocycles. The third-order valence-corrected chi connectivity index (χ3v) is 4.89. The Labute approximate surface area is 121 Å². The van der Waals surface area contributed by atoms with E-state index in [1.165, 1.54) is 38.5 Å². The number of nitrogens with zero attached hydrogens (tertiary/aromatic N) is 3. The van der Waals surface area contributed by atoms with Crippen LogP contribution in [-0.4, -0.2) is 58.2 Å². The molecular weight excluding hydrogens is 262 g/mol. The van der Waals surface area contributed by atoms with Crippen molar-refractivity contribution in [2.24, 2.45) is 0 Å². The zero-order valence-corrected chi connectivity index (χ0v) is 12.9. The second-order valence-corrected chi connectivity index (χ2v) is 5.95. The fourth-order valence-electron chi connectivity index (χ4n) is 2.68. The lowest BCUT2D eigenvalue weighted by atomic mass is 10.1. The Hall–Kier alpha value is -0.420. The zero-order valence-electron chi connectivity index (χ0n) is 11.2. The number of hydrogen-bond acceptors (Lipinski definition) is 2. The summed E-state index contributed by atoms with van der Waals surface area (Å²) in [4.78, 5) is 6.63. The molecule has 2 aliphatic heterocycles. The molecule has 2 saturated heterocycles. The highest BCUT2D eigenvalue weighted by Gasteiger charge is 2.22. The van der Waals surface area contributed by atoms with Gasteiger partial charge in [-0.25, -0.2) is 0 Å².